The fourth-order valence-electron chi connectivity index (χ4n) is 2.64. The van der Waals surface area contributed by atoms with Crippen LogP contribution in [-0.2, 0) is 18.3 Å². The van der Waals surface area contributed by atoms with Gasteiger partial charge in [0.05, 0.1) is 6.61 Å². The number of fused-ring (bicyclic) bond motifs is 1. The first-order chi connectivity index (χ1) is 13.6. The topological polar surface area (TPSA) is 96.6 Å². The highest BCUT2D eigenvalue weighted by molar-refractivity contribution is 14.0. The van der Waals surface area contributed by atoms with Crippen molar-refractivity contribution in [2.75, 3.05) is 26.8 Å². The number of halogens is 1. The maximum atomic E-state index is 10.6. The van der Waals surface area contributed by atoms with Crippen LogP contribution in [0.25, 0.3) is 10.1 Å². The molecule has 2 aromatic heterocycles. The lowest BCUT2D eigenvalue weighted by molar-refractivity contribution is 0.184. The Labute approximate surface area is 191 Å². The summed E-state index contributed by atoms with van der Waals surface area (Å²) in [5.41, 5.74) is 0. The zero-order valence-corrected chi connectivity index (χ0v) is 19.9. The Kier molecular flexibility index (Phi) is 9.27. The Balaban J connectivity index is 0.00000300. The number of nitrogens with zero attached hydrogens (tertiary/aromatic N) is 4. The highest BCUT2D eigenvalue weighted by atomic mass is 127. The van der Waals surface area contributed by atoms with Crippen LogP contribution in [-0.4, -0.2) is 52.6 Å². The number of nitrogens with one attached hydrogen (secondary N) is 2. The van der Waals surface area contributed by atoms with Gasteiger partial charge >= 0.3 is 0 Å². The summed E-state index contributed by atoms with van der Waals surface area (Å²) in [4.78, 5) is 5.48. The summed E-state index contributed by atoms with van der Waals surface area (Å²) >= 11 is 1.60. The van der Waals surface area contributed by atoms with Crippen molar-refractivity contribution in [1.82, 2.24) is 25.4 Å². The molecule has 0 radical (unpaired) electrons. The lowest BCUT2D eigenvalue weighted by atomic mass is 10.2. The van der Waals surface area contributed by atoms with E-state index in [1.54, 1.807) is 18.4 Å². The van der Waals surface area contributed by atoms with Gasteiger partial charge in [0.1, 0.15) is 18.5 Å². The van der Waals surface area contributed by atoms with Gasteiger partial charge in [0.15, 0.2) is 11.8 Å². The van der Waals surface area contributed by atoms with Crippen LogP contribution in [0.15, 0.2) is 35.3 Å². The lowest BCUT2D eigenvalue weighted by Crippen LogP contribution is -2.40. The number of thiophene rings is 1. The summed E-state index contributed by atoms with van der Waals surface area (Å²) in [5, 5.41) is 26.3. The van der Waals surface area contributed by atoms with Gasteiger partial charge in [-0.05, 0) is 24.4 Å². The third kappa shape index (κ3) is 6.36. The van der Waals surface area contributed by atoms with Crippen molar-refractivity contribution in [2.24, 2.45) is 12.0 Å². The summed E-state index contributed by atoms with van der Waals surface area (Å²) < 4.78 is 8.16. The molecule has 0 saturated carbocycles. The number of aliphatic hydroxyl groups excluding tert-OH is 1. The zero-order valence-electron chi connectivity index (χ0n) is 16.8. The molecule has 29 heavy (non-hydrogen) atoms. The molecule has 1 aromatic carbocycles. The molecule has 2 heterocycles. The van der Waals surface area contributed by atoms with Gasteiger partial charge in [0.25, 0.3) is 0 Å². The van der Waals surface area contributed by atoms with Crippen LogP contribution < -0.4 is 10.6 Å². The molecule has 3 N–H and O–H groups in total. The largest absolute Gasteiger partial charge is 0.386 e. The SMILES string of the molecule is COCCNC(=NCc1nnc(C)n1C)NCC(O)c1cc2ccccc2s1.I. The number of benzene rings is 1. The third-order valence-corrected chi connectivity index (χ3v) is 5.61. The van der Waals surface area contributed by atoms with E-state index in [2.05, 4.69) is 38.0 Å². The highest BCUT2D eigenvalue weighted by Gasteiger charge is 2.12. The Bertz CT molecular complexity index is 909. The number of methoxy groups -OCH3 is 1. The maximum Gasteiger partial charge on any atom is 0.191 e. The lowest BCUT2D eigenvalue weighted by Gasteiger charge is -2.15. The van der Waals surface area contributed by atoms with E-state index in [1.807, 2.05) is 36.7 Å². The Morgan fingerprint density at radius 1 is 1.31 bits per heavy atom. The van der Waals surface area contributed by atoms with Gasteiger partial charge in [0.2, 0.25) is 0 Å². The van der Waals surface area contributed by atoms with Crippen molar-refractivity contribution in [2.45, 2.75) is 19.6 Å². The molecular formula is C19H27IN6O2S. The highest BCUT2D eigenvalue weighted by Crippen LogP contribution is 2.29. The number of hydrogen-bond acceptors (Lipinski definition) is 6. The van der Waals surface area contributed by atoms with E-state index in [0.29, 0.717) is 32.2 Å². The molecule has 3 aromatic rings. The zero-order chi connectivity index (χ0) is 19.9. The average molecular weight is 530 g/mol. The number of hydrogen-bond donors (Lipinski definition) is 3. The predicted molar refractivity (Wildman–Crippen MR) is 127 cm³/mol. The fourth-order valence-corrected chi connectivity index (χ4v) is 3.70. The monoisotopic (exact) mass is 530 g/mol. The molecule has 1 atom stereocenters. The predicted octanol–water partition coefficient (Wildman–Crippen LogP) is 2.37. The molecule has 0 amide bonds. The van der Waals surface area contributed by atoms with Gasteiger partial charge in [-0.3, -0.25) is 0 Å². The van der Waals surface area contributed by atoms with E-state index in [1.165, 1.54) is 4.70 Å². The van der Waals surface area contributed by atoms with Crippen molar-refractivity contribution in [1.29, 1.82) is 0 Å². The van der Waals surface area contributed by atoms with Crippen molar-refractivity contribution in [3.8, 4) is 0 Å². The number of aryl methyl sites for hydroxylation is 1. The quantitative estimate of drug-likeness (QED) is 0.179. The van der Waals surface area contributed by atoms with Crippen molar-refractivity contribution < 1.29 is 9.84 Å². The molecule has 158 valence electrons. The second-order valence-corrected chi connectivity index (χ2v) is 7.51. The molecule has 8 nitrogen and oxygen atoms in total. The standard InChI is InChI=1S/C19H26N6O2S.HI/c1-13-23-24-18(25(13)2)12-22-19(20-8-9-27-3)21-11-15(26)17-10-14-6-4-5-7-16(14)28-17;/h4-7,10,15,26H,8-9,11-12H2,1-3H3,(H2,20,21,22);1H. The summed E-state index contributed by atoms with van der Waals surface area (Å²) in [6.07, 6.45) is -0.621. The van der Waals surface area contributed by atoms with Gasteiger partial charge in [-0.1, -0.05) is 18.2 Å². The number of aliphatic hydroxyl groups is 1. The van der Waals surface area contributed by atoms with E-state index in [9.17, 15) is 5.11 Å². The number of ether oxygens (including phenoxy) is 1. The minimum absolute atomic E-state index is 0. The van der Waals surface area contributed by atoms with E-state index in [-0.39, 0.29) is 24.0 Å². The van der Waals surface area contributed by atoms with Crippen molar-refractivity contribution in [3.63, 3.8) is 0 Å². The van der Waals surface area contributed by atoms with Crippen molar-refractivity contribution in [3.05, 3.63) is 46.9 Å². The summed E-state index contributed by atoms with van der Waals surface area (Å²) in [6, 6.07) is 10.2. The van der Waals surface area contributed by atoms with Gasteiger partial charge in [-0.25, -0.2) is 4.99 Å². The Morgan fingerprint density at radius 2 is 2.10 bits per heavy atom. The fraction of sp³-hybridized carbons (Fsp3) is 0.421. The van der Waals surface area contributed by atoms with Crippen LogP contribution in [0, 0.1) is 6.92 Å². The van der Waals surface area contributed by atoms with E-state index in [4.69, 9.17) is 4.74 Å². The number of aromatic nitrogens is 3. The normalized spacial score (nSPS) is 12.6. The van der Waals surface area contributed by atoms with Crippen LogP contribution in [0.5, 0.6) is 0 Å². The number of guanidine groups is 1. The minimum Gasteiger partial charge on any atom is -0.386 e. The van der Waals surface area contributed by atoms with E-state index >= 15 is 0 Å². The van der Waals surface area contributed by atoms with Crippen molar-refractivity contribution >= 4 is 51.4 Å². The molecule has 0 aliphatic heterocycles. The van der Waals surface area contributed by atoms with Gasteiger partial charge in [0, 0.05) is 36.8 Å². The van der Waals surface area contributed by atoms with Crippen LogP contribution in [0.1, 0.15) is 22.6 Å². The molecule has 1 unspecified atom stereocenters. The second kappa shape index (κ2) is 11.4. The second-order valence-electron chi connectivity index (χ2n) is 6.39. The summed E-state index contributed by atoms with van der Waals surface area (Å²) in [7, 11) is 3.57. The molecule has 3 rings (SSSR count). The summed E-state index contributed by atoms with van der Waals surface area (Å²) in [6.45, 7) is 3.81. The molecule has 0 bridgehead atoms. The van der Waals surface area contributed by atoms with Crippen LogP contribution in [0.2, 0.25) is 0 Å². The minimum atomic E-state index is -0.621. The molecule has 0 spiro atoms. The van der Waals surface area contributed by atoms with Crippen LogP contribution in [0.3, 0.4) is 0 Å². The van der Waals surface area contributed by atoms with Gasteiger partial charge in [-0.2, -0.15) is 0 Å². The van der Waals surface area contributed by atoms with Gasteiger partial charge < -0.3 is 25.0 Å². The van der Waals surface area contributed by atoms with Crippen LogP contribution in [0.4, 0.5) is 0 Å². The molecule has 0 fully saturated rings. The van der Waals surface area contributed by atoms with Gasteiger partial charge in [-0.15, -0.1) is 45.5 Å². The maximum absolute atomic E-state index is 10.6. The molecule has 0 saturated heterocycles. The first-order valence-electron chi connectivity index (χ1n) is 9.11. The Hall–Kier alpha value is -1.76. The first kappa shape index (κ1) is 23.5. The molecule has 0 aliphatic carbocycles. The molecular weight excluding hydrogens is 503 g/mol. The third-order valence-electron chi connectivity index (χ3n) is 4.40. The molecule has 0 aliphatic rings. The number of aliphatic imine (C=N–C) groups is 1. The average Bonchev–Trinajstić information content (AvgIpc) is 3.27. The number of rotatable bonds is 8. The Morgan fingerprint density at radius 3 is 2.79 bits per heavy atom. The first-order valence-corrected chi connectivity index (χ1v) is 9.92. The van der Waals surface area contributed by atoms with E-state index in [0.717, 1.165) is 21.9 Å². The van der Waals surface area contributed by atoms with Crippen LogP contribution >= 0.6 is 35.3 Å². The summed E-state index contributed by atoms with van der Waals surface area (Å²) in [5.74, 6) is 2.21. The molecule has 10 heteroatoms. The smallest absolute Gasteiger partial charge is 0.191 e. The van der Waals surface area contributed by atoms with E-state index < -0.39 is 6.10 Å².